The molecule has 1 aliphatic heterocycles. The molecule has 106 valence electrons. The van der Waals surface area contributed by atoms with Gasteiger partial charge in [0.1, 0.15) is 11.5 Å². The van der Waals surface area contributed by atoms with Crippen LogP contribution in [0.5, 0.6) is 5.75 Å². The predicted molar refractivity (Wildman–Crippen MR) is 88.6 cm³/mol. The third-order valence-electron chi connectivity index (χ3n) is 3.17. The number of ether oxygens (including phenoxy) is 1. The normalized spacial score (nSPS) is 16.8. The van der Waals surface area contributed by atoms with E-state index in [1.54, 1.807) is 0 Å². The first-order chi connectivity index (χ1) is 10.0. The second kappa shape index (κ2) is 5.21. The van der Waals surface area contributed by atoms with Crippen molar-refractivity contribution in [1.82, 2.24) is 0 Å². The van der Waals surface area contributed by atoms with Crippen LogP contribution in [0.2, 0.25) is 0 Å². The maximum Gasteiger partial charge on any atom is 0.134 e. The fourth-order valence-corrected chi connectivity index (χ4v) is 2.27. The molecule has 3 rings (SSSR count). The predicted octanol–water partition coefficient (Wildman–Crippen LogP) is 4.71. The molecule has 0 N–H and O–H groups in total. The van der Waals surface area contributed by atoms with Gasteiger partial charge in [0.2, 0.25) is 0 Å². The van der Waals surface area contributed by atoms with Crippen LogP contribution in [-0.2, 0) is 0 Å². The van der Waals surface area contributed by atoms with Crippen LogP contribution >= 0.6 is 0 Å². The van der Waals surface area contributed by atoms with Gasteiger partial charge in [0.05, 0.1) is 11.3 Å². The first kappa shape index (κ1) is 13.6. The van der Waals surface area contributed by atoms with Crippen molar-refractivity contribution in [2.75, 3.05) is 0 Å². The highest BCUT2D eigenvalue weighted by molar-refractivity contribution is 6.06. The Morgan fingerprint density at radius 1 is 0.857 bits per heavy atom. The zero-order chi connectivity index (χ0) is 14.9. The number of nitrogens with zero attached hydrogens (tertiary/aromatic N) is 1. The van der Waals surface area contributed by atoms with Gasteiger partial charge in [-0.05, 0) is 63.3 Å². The second-order valence-electron chi connectivity index (χ2n) is 6.17. The largest absolute Gasteiger partial charge is 0.456 e. The van der Waals surface area contributed by atoms with E-state index in [4.69, 9.17) is 4.74 Å². The van der Waals surface area contributed by atoms with E-state index in [1.165, 1.54) is 0 Å². The van der Waals surface area contributed by atoms with Crippen molar-refractivity contribution >= 4 is 11.8 Å². The van der Waals surface area contributed by atoms with Crippen molar-refractivity contribution < 1.29 is 4.74 Å². The van der Waals surface area contributed by atoms with E-state index >= 15 is 0 Å². The van der Waals surface area contributed by atoms with Gasteiger partial charge >= 0.3 is 0 Å². The Morgan fingerprint density at radius 2 is 1.57 bits per heavy atom. The number of aliphatic imine (C=N–C) groups is 1. The van der Waals surface area contributed by atoms with Crippen molar-refractivity contribution in [3.05, 3.63) is 71.5 Å². The van der Waals surface area contributed by atoms with Crippen molar-refractivity contribution in [2.24, 2.45) is 4.99 Å². The lowest BCUT2D eigenvalue weighted by molar-refractivity contribution is 0.437. The standard InChI is InChI=1S/C19H19NO/c1-19(2,3)20-16-11-8-15(9-12-16)18-13-10-14-6-4-5-7-17(14)21-18/h4-13H,1-3H3. The number of hydrogen-bond acceptors (Lipinski definition) is 2. The highest BCUT2D eigenvalue weighted by atomic mass is 16.5. The van der Waals surface area contributed by atoms with Crippen LogP contribution in [0.3, 0.4) is 0 Å². The molecule has 0 fully saturated rings. The first-order valence-corrected chi connectivity index (χ1v) is 7.16. The Kier molecular flexibility index (Phi) is 3.38. The number of para-hydroxylation sites is 1. The summed E-state index contributed by atoms with van der Waals surface area (Å²) in [6.45, 7) is 6.29. The maximum atomic E-state index is 5.96. The quantitative estimate of drug-likeness (QED) is 0.673. The third-order valence-corrected chi connectivity index (χ3v) is 3.17. The average molecular weight is 277 g/mol. The summed E-state index contributed by atoms with van der Waals surface area (Å²) < 4.78 is 5.96. The molecule has 0 atom stereocenters. The number of hydrogen-bond donors (Lipinski definition) is 0. The lowest BCUT2D eigenvalue weighted by atomic mass is 10.0. The van der Waals surface area contributed by atoms with Crippen LogP contribution in [-0.4, -0.2) is 11.3 Å². The van der Waals surface area contributed by atoms with Gasteiger partial charge in [0.15, 0.2) is 0 Å². The van der Waals surface area contributed by atoms with Crippen molar-refractivity contribution in [1.29, 1.82) is 0 Å². The third kappa shape index (κ3) is 3.22. The van der Waals surface area contributed by atoms with Gasteiger partial charge in [-0.25, -0.2) is 0 Å². The Hall–Kier alpha value is -2.35. The molecule has 0 spiro atoms. The molecule has 0 unspecified atom stereocenters. The summed E-state index contributed by atoms with van der Waals surface area (Å²) in [5.41, 5.74) is 3.11. The zero-order valence-electron chi connectivity index (χ0n) is 12.6. The minimum atomic E-state index is -0.0607. The van der Waals surface area contributed by atoms with Gasteiger partial charge in [-0.2, -0.15) is 0 Å². The molecule has 0 bridgehead atoms. The second-order valence-corrected chi connectivity index (χ2v) is 6.17. The zero-order valence-corrected chi connectivity index (χ0v) is 12.6. The summed E-state index contributed by atoms with van der Waals surface area (Å²) in [5.74, 6) is 1.77. The lowest BCUT2D eigenvalue weighted by Gasteiger charge is -2.17. The molecular weight excluding hydrogens is 258 g/mol. The lowest BCUT2D eigenvalue weighted by Crippen LogP contribution is -2.13. The smallest absolute Gasteiger partial charge is 0.134 e. The SMILES string of the molecule is CC(C)(C)N=C1C=CC(=C2C=Cc3ccccc3O2)C=C1. The Morgan fingerprint density at radius 3 is 2.29 bits per heavy atom. The molecule has 0 saturated carbocycles. The molecule has 0 aromatic heterocycles. The maximum absolute atomic E-state index is 5.96. The summed E-state index contributed by atoms with van der Waals surface area (Å²) >= 11 is 0. The molecule has 1 aliphatic carbocycles. The van der Waals surface area contributed by atoms with Crippen LogP contribution < -0.4 is 4.74 Å². The fourth-order valence-electron chi connectivity index (χ4n) is 2.27. The summed E-state index contributed by atoms with van der Waals surface area (Å²) in [6.07, 6.45) is 12.3. The molecule has 0 saturated heterocycles. The molecule has 2 heteroatoms. The molecule has 1 aromatic rings. The summed E-state index contributed by atoms with van der Waals surface area (Å²) in [4.78, 5) is 4.65. The Balaban J connectivity index is 1.87. The molecule has 2 aliphatic rings. The van der Waals surface area contributed by atoms with Gasteiger partial charge in [-0.1, -0.05) is 18.2 Å². The molecule has 1 heterocycles. The van der Waals surface area contributed by atoms with E-state index in [9.17, 15) is 0 Å². The minimum absolute atomic E-state index is 0.0607. The molecule has 1 aromatic carbocycles. The molecule has 0 amide bonds. The van der Waals surface area contributed by atoms with Gasteiger partial charge < -0.3 is 4.74 Å². The summed E-state index contributed by atoms with van der Waals surface area (Å²) in [5, 5.41) is 0. The van der Waals surface area contributed by atoms with Crippen LogP contribution in [0.25, 0.3) is 6.08 Å². The van der Waals surface area contributed by atoms with Crippen molar-refractivity contribution in [2.45, 2.75) is 26.3 Å². The van der Waals surface area contributed by atoms with E-state index in [-0.39, 0.29) is 5.54 Å². The molecule has 2 nitrogen and oxygen atoms in total. The van der Waals surface area contributed by atoms with E-state index < -0.39 is 0 Å². The van der Waals surface area contributed by atoms with Gasteiger partial charge in [-0.15, -0.1) is 0 Å². The Labute approximate surface area is 125 Å². The van der Waals surface area contributed by atoms with Gasteiger partial charge in [-0.3, -0.25) is 4.99 Å². The van der Waals surface area contributed by atoms with E-state index in [2.05, 4.69) is 44.0 Å². The fraction of sp³-hybridized carbons (Fsp3) is 0.211. The highest BCUT2D eigenvalue weighted by Gasteiger charge is 2.13. The number of benzene rings is 1. The monoisotopic (exact) mass is 277 g/mol. The Bertz CT molecular complexity index is 691. The van der Waals surface area contributed by atoms with Crippen molar-refractivity contribution in [3.63, 3.8) is 0 Å². The van der Waals surface area contributed by atoms with E-state index in [1.807, 2.05) is 42.5 Å². The minimum Gasteiger partial charge on any atom is -0.456 e. The summed E-state index contributed by atoms with van der Waals surface area (Å²) in [6, 6.07) is 8.04. The van der Waals surface area contributed by atoms with Crippen LogP contribution in [0.1, 0.15) is 26.3 Å². The number of rotatable bonds is 0. The van der Waals surface area contributed by atoms with E-state index in [0.717, 1.165) is 28.4 Å². The van der Waals surface area contributed by atoms with Crippen LogP contribution in [0.4, 0.5) is 0 Å². The van der Waals surface area contributed by atoms with E-state index in [0.29, 0.717) is 0 Å². The highest BCUT2D eigenvalue weighted by Crippen LogP contribution is 2.29. The molecule has 21 heavy (non-hydrogen) atoms. The average Bonchev–Trinajstić information content (AvgIpc) is 2.46. The first-order valence-electron chi connectivity index (χ1n) is 7.16. The molecular formula is C19H19NO. The topological polar surface area (TPSA) is 21.6 Å². The molecule has 0 radical (unpaired) electrons. The number of fused-ring (bicyclic) bond motifs is 1. The summed E-state index contributed by atoms with van der Waals surface area (Å²) in [7, 11) is 0. The van der Waals surface area contributed by atoms with Crippen LogP contribution in [0, 0.1) is 0 Å². The van der Waals surface area contributed by atoms with Gasteiger partial charge in [0.25, 0.3) is 0 Å². The number of allylic oxidation sites excluding steroid dienone is 6. The van der Waals surface area contributed by atoms with Crippen LogP contribution in [0.15, 0.2) is 71.0 Å². The van der Waals surface area contributed by atoms with Crippen molar-refractivity contribution in [3.8, 4) is 5.75 Å². The van der Waals surface area contributed by atoms with Gasteiger partial charge in [0, 0.05) is 11.1 Å².